The Labute approximate surface area is 82.1 Å². The molecule has 0 unspecified atom stereocenters. The van der Waals surface area contributed by atoms with Crippen LogP contribution in [0.15, 0.2) is 16.9 Å². The average Bonchev–Trinajstić information content (AvgIpc) is 1.82. The molecule has 0 fully saturated rings. The van der Waals surface area contributed by atoms with E-state index in [1.54, 1.807) is 0 Å². The van der Waals surface area contributed by atoms with Gasteiger partial charge in [-0.15, -0.1) is 0 Å². The third-order valence-corrected chi connectivity index (χ3v) is 1.58. The highest BCUT2D eigenvalue weighted by Crippen LogP contribution is 2.25. The molecule has 76 valence electrons. The summed E-state index contributed by atoms with van der Waals surface area (Å²) in [7, 11) is 0. The molecule has 0 rings (SSSR count). The minimum atomic E-state index is 0.0556. The van der Waals surface area contributed by atoms with Crippen molar-refractivity contribution in [3.05, 3.63) is 11.9 Å². The summed E-state index contributed by atoms with van der Waals surface area (Å²) in [6.45, 7) is 16.3. The molecular weight excluding hydrogens is 160 g/mol. The molecular formula is C11H22N2. The highest BCUT2D eigenvalue weighted by atomic mass is 14.9. The largest absolute Gasteiger partial charge is 0.385 e. The Morgan fingerprint density at radius 1 is 1.15 bits per heavy atom. The molecule has 0 amide bonds. The summed E-state index contributed by atoms with van der Waals surface area (Å²) in [6, 6.07) is 0. The normalized spacial score (nSPS) is 14.2. The van der Waals surface area contributed by atoms with Crippen LogP contribution in [0.2, 0.25) is 0 Å². The summed E-state index contributed by atoms with van der Waals surface area (Å²) in [5.74, 6) is 0. The van der Waals surface area contributed by atoms with Gasteiger partial charge in [-0.2, -0.15) is 0 Å². The van der Waals surface area contributed by atoms with E-state index in [0.29, 0.717) is 0 Å². The maximum Gasteiger partial charge on any atom is 0.0606 e. The maximum absolute atomic E-state index is 4.01. The van der Waals surface area contributed by atoms with Gasteiger partial charge in [0.05, 0.1) is 5.70 Å². The van der Waals surface area contributed by atoms with Crippen LogP contribution in [0.4, 0.5) is 0 Å². The number of nitrogens with zero attached hydrogens (tertiary/aromatic N) is 1. The molecule has 0 aromatic carbocycles. The van der Waals surface area contributed by atoms with E-state index in [0.717, 1.165) is 5.70 Å². The molecule has 2 heteroatoms. The fourth-order valence-electron chi connectivity index (χ4n) is 0.784. The first-order chi connectivity index (χ1) is 5.67. The Balaban J connectivity index is 4.52. The van der Waals surface area contributed by atoms with Crippen LogP contribution in [-0.4, -0.2) is 12.3 Å². The molecule has 0 spiro atoms. The van der Waals surface area contributed by atoms with E-state index >= 15 is 0 Å². The van der Waals surface area contributed by atoms with E-state index in [9.17, 15) is 0 Å². The first-order valence-electron chi connectivity index (χ1n) is 4.62. The van der Waals surface area contributed by atoms with Crippen LogP contribution in [0, 0.1) is 5.41 Å². The average molecular weight is 182 g/mol. The molecule has 0 bridgehead atoms. The lowest BCUT2D eigenvalue weighted by molar-refractivity contribution is 0.461. The van der Waals surface area contributed by atoms with Crippen molar-refractivity contribution in [3.8, 4) is 0 Å². The van der Waals surface area contributed by atoms with Gasteiger partial charge >= 0.3 is 0 Å². The van der Waals surface area contributed by atoms with Crippen LogP contribution >= 0.6 is 0 Å². The predicted molar refractivity (Wildman–Crippen MR) is 60.0 cm³/mol. The Morgan fingerprint density at radius 2 is 1.62 bits per heavy atom. The Hall–Kier alpha value is -0.790. The second kappa shape index (κ2) is 3.95. The lowest BCUT2D eigenvalue weighted by atomic mass is 9.92. The quantitative estimate of drug-likeness (QED) is 0.652. The van der Waals surface area contributed by atoms with Crippen molar-refractivity contribution in [2.75, 3.05) is 0 Å². The van der Waals surface area contributed by atoms with Crippen molar-refractivity contribution in [1.82, 2.24) is 5.32 Å². The SMILES string of the molecule is C=N/C(=C\NC(C)(C)C)C(C)(C)C. The van der Waals surface area contributed by atoms with E-state index in [2.05, 4.69) is 58.6 Å². The minimum Gasteiger partial charge on any atom is -0.385 e. The number of allylic oxidation sites excluding steroid dienone is 1. The summed E-state index contributed by atoms with van der Waals surface area (Å²) in [5, 5.41) is 3.28. The fraction of sp³-hybridized carbons (Fsp3) is 0.727. The standard InChI is InChI=1S/C11H22N2/c1-10(2,3)9(12-7)8-13-11(4,5)6/h8,13H,7H2,1-6H3/b9-8-. The van der Waals surface area contributed by atoms with Crippen LogP contribution in [0.5, 0.6) is 0 Å². The first kappa shape index (κ1) is 12.2. The summed E-state index contributed by atoms with van der Waals surface area (Å²) < 4.78 is 0. The highest BCUT2D eigenvalue weighted by Gasteiger charge is 2.16. The van der Waals surface area contributed by atoms with Gasteiger partial charge in [0.1, 0.15) is 0 Å². The van der Waals surface area contributed by atoms with Gasteiger partial charge in [-0.05, 0) is 27.5 Å². The number of nitrogens with one attached hydrogen (secondary N) is 1. The predicted octanol–water partition coefficient (Wildman–Crippen LogP) is 2.96. The van der Waals surface area contributed by atoms with Gasteiger partial charge < -0.3 is 5.32 Å². The Bertz CT molecular complexity index is 201. The van der Waals surface area contributed by atoms with E-state index in [4.69, 9.17) is 0 Å². The number of rotatable bonds is 2. The molecule has 0 radical (unpaired) electrons. The lowest BCUT2D eigenvalue weighted by Crippen LogP contribution is -2.32. The molecule has 0 aliphatic heterocycles. The number of hydrogen-bond acceptors (Lipinski definition) is 2. The monoisotopic (exact) mass is 182 g/mol. The molecule has 0 aliphatic carbocycles. The van der Waals surface area contributed by atoms with Gasteiger partial charge in [-0.1, -0.05) is 20.8 Å². The van der Waals surface area contributed by atoms with Crippen molar-refractivity contribution < 1.29 is 0 Å². The van der Waals surface area contributed by atoms with Gasteiger partial charge in [0.15, 0.2) is 0 Å². The number of aliphatic imine (C=N–C) groups is 1. The summed E-state index contributed by atoms with van der Waals surface area (Å²) in [6.07, 6.45) is 1.95. The molecule has 0 aromatic heterocycles. The van der Waals surface area contributed by atoms with Crippen LogP contribution in [0.3, 0.4) is 0 Å². The molecule has 0 atom stereocenters. The third kappa shape index (κ3) is 5.45. The van der Waals surface area contributed by atoms with Gasteiger partial charge in [0.25, 0.3) is 0 Å². The van der Waals surface area contributed by atoms with Crippen molar-refractivity contribution >= 4 is 6.72 Å². The zero-order valence-electron chi connectivity index (χ0n) is 9.73. The van der Waals surface area contributed by atoms with Gasteiger partial charge in [-0.3, -0.25) is 4.99 Å². The van der Waals surface area contributed by atoms with Crippen molar-refractivity contribution in [2.24, 2.45) is 10.4 Å². The smallest absolute Gasteiger partial charge is 0.0606 e. The Morgan fingerprint density at radius 3 is 1.85 bits per heavy atom. The second-order valence-electron chi connectivity index (χ2n) is 5.33. The molecule has 0 saturated carbocycles. The fourth-order valence-corrected chi connectivity index (χ4v) is 0.784. The van der Waals surface area contributed by atoms with Crippen molar-refractivity contribution in [3.63, 3.8) is 0 Å². The molecule has 0 aromatic rings. The van der Waals surface area contributed by atoms with Crippen LogP contribution < -0.4 is 5.32 Å². The topological polar surface area (TPSA) is 24.4 Å². The lowest BCUT2D eigenvalue weighted by Gasteiger charge is -2.23. The molecule has 1 N–H and O–H groups in total. The van der Waals surface area contributed by atoms with E-state index < -0.39 is 0 Å². The zero-order chi connectivity index (χ0) is 10.7. The maximum atomic E-state index is 4.01. The Kier molecular flexibility index (Phi) is 3.71. The van der Waals surface area contributed by atoms with Crippen LogP contribution in [0.1, 0.15) is 41.5 Å². The molecule has 0 aliphatic rings. The summed E-state index contributed by atoms with van der Waals surface area (Å²) in [5.41, 5.74) is 1.13. The van der Waals surface area contributed by atoms with Gasteiger partial charge in [-0.25, -0.2) is 0 Å². The van der Waals surface area contributed by atoms with E-state index in [1.165, 1.54) is 0 Å². The van der Waals surface area contributed by atoms with E-state index in [1.807, 2.05) is 6.20 Å². The molecule has 0 saturated heterocycles. The van der Waals surface area contributed by atoms with Crippen LogP contribution in [-0.2, 0) is 0 Å². The second-order valence-corrected chi connectivity index (χ2v) is 5.33. The highest BCUT2D eigenvalue weighted by molar-refractivity contribution is 5.30. The minimum absolute atomic E-state index is 0.0556. The van der Waals surface area contributed by atoms with Gasteiger partial charge in [0, 0.05) is 17.2 Å². The third-order valence-electron chi connectivity index (χ3n) is 1.58. The van der Waals surface area contributed by atoms with Crippen molar-refractivity contribution in [2.45, 2.75) is 47.1 Å². The molecule has 13 heavy (non-hydrogen) atoms. The zero-order valence-corrected chi connectivity index (χ0v) is 9.73. The molecule has 2 nitrogen and oxygen atoms in total. The summed E-state index contributed by atoms with van der Waals surface area (Å²) in [4.78, 5) is 4.01. The van der Waals surface area contributed by atoms with E-state index in [-0.39, 0.29) is 11.0 Å². The summed E-state index contributed by atoms with van der Waals surface area (Å²) >= 11 is 0. The van der Waals surface area contributed by atoms with Crippen LogP contribution in [0.25, 0.3) is 0 Å². The van der Waals surface area contributed by atoms with Gasteiger partial charge in [0.2, 0.25) is 0 Å². The molecule has 0 heterocycles. The van der Waals surface area contributed by atoms with Crippen molar-refractivity contribution in [1.29, 1.82) is 0 Å². The first-order valence-corrected chi connectivity index (χ1v) is 4.62. The number of hydrogen-bond donors (Lipinski definition) is 1.